The third-order valence-corrected chi connectivity index (χ3v) is 0.604. The molecule has 0 radical (unpaired) electrons. The second kappa shape index (κ2) is 3.25. The average molecular weight is 127 g/mol. The highest BCUT2D eigenvalue weighted by Crippen LogP contribution is 1.95. The fourth-order valence-electron chi connectivity index (χ4n) is 0.285. The van der Waals surface area contributed by atoms with Gasteiger partial charge in [-0.1, -0.05) is 0 Å². The van der Waals surface area contributed by atoms with E-state index in [1.165, 1.54) is 6.20 Å². The molecule has 9 heavy (non-hydrogen) atoms. The molecule has 4 N–H and O–H groups in total. The smallest absolute Gasteiger partial charge is 0.102 e. The Morgan fingerprint density at radius 3 is 2.33 bits per heavy atom. The normalized spacial score (nSPS) is 13.7. The minimum atomic E-state index is -0.487. The molecule has 0 saturated heterocycles. The Balaban J connectivity index is 3.71. The van der Waals surface area contributed by atoms with E-state index >= 15 is 0 Å². The summed E-state index contributed by atoms with van der Waals surface area (Å²) in [6.07, 6.45) is 4.63. The Morgan fingerprint density at radius 1 is 1.44 bits per heavy atom. The SMILES string of the molecule is CC(C)(N)N=CC=CN. The maximum Gasteiger partial charge on any atom is 0.102 e. The van der Waals surface area contributed by atoms with Crippen molar-refractivity contribution < 1.29 is 0 Å². The van der Waals surface area contributed by atoms with E-state index < -0.39 is 5.66 Å². The minimum absolute atomic E-state index is 0.487. The van der Waals surface area contributed by atoms with E-state index in [4.69, 9.17) is 11.5 Å². The zero-order valence-corrected chi connectivity index (χ0v) is 5.83. The van der Waals surface area contributed by atoms with Crippen LogP contribution in [0.3, 0.4) is 0 Å². The average Bonchev–Trinajstić information content (AvgIpc) is 1.63. The van der Waals surface area contributed by atoms with Crippen LogP contribution in [0.25, 0.3) is 0 Å². The summed E-state index contributed by atoms with van der Waals surface area (Å²) in [5.74, 6) is 0. The first-order chi connectivity index (χ1) is 4.06. The highest BCUT2D eigenvalue weighted by Gasteiger charge is 2.02. The van der Waals surface area contributed by atoms with Crippen molar-refractivity contribution in [1.29, 1.82) is 0 Å². The van der Waals surface area contributed by atoms with Crippen LogP contribution in [0.5, 0.6) is 0 Å². The van der Waals surface area contributed by atoms with Gasteiger partial charge in [-0.3, -0.25) is 4.99 Å². The van der Waals surface area contributed by atoms with Gasteiger partial charge in [-0.05, 0) is 26.1 Å². The van der Waals surface area contributed by atoms with Crippen molar-refractivity contribution in [3.8, 4) is 0 Å². The number of hydrogen-bond acceptors (Lipinski definition) is 3. The quantitative estimate of drug-likeness (QED) is 0.521. The zero-order valence-electron chi connectivity index (χ0n) is 5.83. The topological polar surface area (TPSA) is 64.4 Å². The fraction of sp³-hybridized carbons (Fsp3) is 0.500. The van der Waals surface area contributed by atoms with Crippen molar-refractivity contribution in [2.75, 3.05) is 0 Å². The molecule has 52 valence electrons. The molecule has 0 saturated carbocycles. The molecule has 0 aromatic rings. The molecule has 0 fully saturated rings. The second-order valence-corrected chi connectivity index (χ2v) is 2.32. The molecular formula is C6H13N3. The van der Waals surface area contributed by atoms with E-state index in [-0.39, 0.29) is 0 Å². The molecule has 0 rings (SSSR count). The Bertz CT molecular complexity index is 119. The van der Waals surface area contributed by atoms with Gasteiger partial charge in [-0.15, -0.1) is 0 Å². The Hall–Kier alpha value is -0.830. The molecule has 0 unspecified atom stereocenters. The van der Waals surface area contributed by atoms with Gasteiger partial charge in [-0.25, -0.2) is 0 Å². The van der Waals surface area contributed by atoms with Crippen LogP contribution in [-0.4, -0.2) is 11.9 Å². The third kappa shape index (κ3) is 7.17. The third-order valence-electron chi connectivity index (χ3n) is 0.604. The lowest BCUT2D eigenvalue weighted by Crippen LogP contribution is -2.28. The Labute approximate surface area is 55.4 Å². The van der Waals surface area contributed by atoms with Gasteiger partial charge in [0.2, 0.25) is 0 Å². The number of aliphatic imine (C=N–C) groups is 1. The van der Waals surface area contributed by atoms with Crippen molar-refractivity contribution in [2.24, 2.45) is 16.5 Å². The lowest BCUT2D eigenvalue weighted by molar-refractivity contribution is 0.553. The van der Waals surface area contributed by atoms with E-state index in [1.807, 2.05) is 13.8 Å². The predicted octanol–water partition coefficient (Wildman–Crippen LogP) is 0.224. The van der Waals surface area contributed by atoms with Crippen LogP contribution >= 0.6 is 0 Å². The van der Waals surface area contributed by atoms with Crippen LogP contribution in [0.15, 0.2) is 17.3 Å². The number of nitrogens with two attached hydrogens (primary N) is 2. The van der Waals surface area contributed by atoms with Crippen molar-refractivity contribution in [3.63, 3.8) is 0 Å². The number of hydrogen-bond donors (Lipinski definition) is 2. The maximum atomic E-state index is 5.50. The number of nitrogens with zero attached hydrogens (tertiary/aromatic N) is 1. The monoisotopic (exact) mass is 127 g/mol. The van der Waals surface area contributed by atoms with Gasteiger partial charge in [0.05, 0.1) is 0 Å². The molecule has 0 aromatic heterocycles. The maximum absolute atomic E-state index is 5.50. The predicted molar refractivity (Wildman–Crippen MR) is 40.1 cm³/mol. The first kappa shape index (κ1) is 8.17. The van der Waals surface area contributed by atoms with Crippen LogP contribution in [0, 0.1) is 0 Å². The summed E-state index contributed by atoms with van der Waals surface area (Å²) in [6.45, 7) is 3.63. The van der Waals surface area contributed by atoms with Crippen LogP contribution in [0.2, 0.25) is 0 Å². The highest BCUT2D eigenvalue weighted by molar-refractivity contribution is 5.71. The fourth-order valence-corrected chi connectivity index (χ4v) is 0.285. The highest BCUT2D eigenvalue weighted by atomic mass is 15.0. The van der Waals surface area contributed by atoms with Crippen molar-refractivity contribution >= 4 is 6.21 Å². The molecule has 3 nitrogen and oxygen atoms in total. The van der Waals surface area contributed by atoms with Gasteiger partial charge in [-0.2, -0.15) is 0 Å². The van der Waals surface area contributed by atoms with E-state index in [2.05, 4.69) is 4.99 Å². The first-order valence-corrected chi connectivity index (χ1v) is 2.77. The molecule has 3 heteroatoms. The summed E-state index contributed by atoms with van der Waals surface area (Å²) in [5.41, 5.74) is 10.1. The Morgan fingerprint density at radius 2 is 2.00 bits per heavy atom. The van der Waals surface area contributed by atoms with Gasteiger partial charge < -0.3 is 11.5 Å². The zero-order chi connectivity index (χ0) is 7.33. The van der Waals surface area contributed by atoms with Gasteiger partial charge in [0.25, 0.3) is 0 Å². The van der Waals surface area contributed by atoms with E-state index in [9.17, 15) is 0 Å². The van der Waals surface area contributed by atoms with E-state index in [1.54, 1.807) is 12.3 Å². The Kier molecular flexibility index (Phi) is 2.95. The van der Waals surface area contributed by atoms with Gasteiger partial charge in [0.1, 0.15) is 5.66 Å². The van der Waals surface area contributed by atoms with Crippen LogP contribution in [0.1, 0.15) is 13.8 Å². The summed E-state index contributed by atoms with van der Waals surface area (Å²) < 4.78 is 0. The van der Waals surface area contributed by atoms with Gasteiger partial charge in [0.15, 0.2) is 0 Å². The van der Waals surface area contributed by atoms with Gasteiger partial charge in [0, 0.05) is 6.21 Å². The van der Waals surface area contributed by atoms with Crippen molar-refractivity contribution in [2.45, 2.75) is 19.5 Å². The largest absolute Gasteiger partial charge is 0.405 e. The standard InChI is InChI=1S/C6H13N3/c1-6(2,8)9-5-3-4-7/h3-5H,7-8H2,1-2H3. The summed E-state index contributed by atoms with van der Waals surface area (Å²) in [6, 6.07) is 0. The molecule has 0 aliphatic heterocycles. The lowest BCUT2D eigenvalue weighted by Gasteiger charge is -2.09. The van der Waals surface area contributed by atoms with Crippen molar-refractivity contribution in [3.05, 3.63) is 12.3 Å². The molecular weight excluding hydrogens is 114 g/mol. The second-order valence-electron chi connectivity index (χ2n) is 2.32. The van der Waals surface area contributed by atoms with Crippen LogP contribution in [-0.2, 0) is 0 Å². The summed E-state index contributed by atoms with van der Waals surface area (Å²) >= 11 is 0. The molecule has 0 amide bonds. The first-order valence-electron chi connectivity index (χ1n) is 2.77. The van der Waals surface area contributed by atoms with Crippen LogP contribution in [0.4, 0.5) is 0 Å². The molecule has 0 aliphatic rings. The number of allylic oxidation sites excluding steroid dienone is 1. The molecule has 0 atom stereocenters. The summed E-state index contributed by atoms with van der Waals surface area (Å²) in [7, 11) is 0. The summed E-state index contributed by atoms with van der Waals surface area (Å²) in [4.78, 5) is 3.93. The minimum Gasteiger partial charge on any atom is -0.405 e. The molecule has 0 bridgehead atoms. The van der Waals surface area contributed by atoms with Gasteiger partial charge >= 0.3 is 0 Å². The van der Waals surface area contributed by atoms with Crippen molar-refractivity contribution in [1.82, 2.24) is 0 Å². The number of rotatable bonds is 2. The van der Waals surface area contributed by atoms with E-state index in [0.29, 0.717) is 0 Å². The molecule has 0 aromatic carbocycles. The van der Waals surface area contributed by atoms with E-state index in [0.717, 1.165) is 0 Å². The van der Waals surface area contributed by atoms with Crippen LogP contribution < -0.4 is 11.5 Å². The summed E-state index contributed by atoms with van der Waals surface area (Å²) in [5, 5.41) is 0. The molecule has 0 spiro atoms. The lowest BCUT2D eigenvalue weighted by atomic mass is 10.3. The molecule has 0 aliphatic carbocycles. The molecule has 0 heterocycles.